The molecule has 8 aliphatic rings. The van der Waals surface area contributed by atoms with Gasteiger partial charge < -0.3 is 5.73 Å². The Bertz CT molecular complexity index is 684. The van der Waals surface area contributed by atoms with Gasteiger partial charge >= 0.3 is 0 Å². The smallest absolute Gasteiger partial charge is 0.0938 e. The second-order valence-electron chi connectivity index (χ2n) is 8.75. The summed E-state index contributed by atoms with van der Waals surface area (Å²) in [4.78, 5) is 0. The van der Waals surface area contributed by atoms with Gasteiger partial charge in [0.05, 0.1) is 13.1 Å². The van der Waals surface area contributed by atoms with Crippen LogP contribution < -0.4 is 5.73 Å². The standard InChI is InChI=1S/C8H7B10N/c19-6-3-1-5(2-4-6)8-7-9(8)10(7)12-13-11(8)14(13)16-17-15(12)18(16)17/h1-4,7H,19H2. The molecule has 0 radical (unpaired) electrons. The summed E-state index contributed by atoms with van der Waals surface area (Å²) < 4.78 is 0. The van der Waals surface area contributed by atoms with Gasteiger partial charge in [0, 0.05) is 56.9 Å². The average molecular weight is 225 g/mol. The highest BCUT2D eigenvalue weighted by Crippen LogP contribution is 2.82. The van der Waals surface area contributed by atoms with E-state index in [9.17, 15) is 0 Å². The number of benzene rings is 1. The summed E-state index contributed by atoms with van der Waals surface area (Å²) in [5, 5.41) is 0.682. The summed E-state index contributed by atoms with van der Waals surface area (Å²) in [6, 6.07) is 9.00. The van der Waals surface area contributed by atoms with E-state index in [1.807, 2.05) is 0 Å². The molecule has 8 aliphatic heterocycles. The van der Waals surface area contributed by atoms with Gasteiger partial charge in [0.25, 0.3) is 0 Å². The number of hydrogen-bond acceptors (Lipinski definition) is 1. The second-order valence-corrected chi connectivity index (χ2v) is 8.75. The number of nitrogens with two attached hydrogens (primary N) is 1. The normalized spacial score (nSPS) is 38.4. The van der Waals surface area contributed by atoms with Crippen LogP contribution in [0.25, 0.3) is 0 Å². The number of anilines is 1. The van der Waals surface area contributed by atoms with E-state index < -0.39 is 0 Å². The molecule has 0 aromatic heterocycles. The quantitative estimate of drug-likeness (QED) is 0.417. The Morgan fingerprint density at radius 3 is 2.16 bits per heavy atom. The molecule has 9 rings (SSSR count). The molecule has 1 nitrogen and oxygen atoms in total. The molecule has 8 heterocycles. The number of hydrogen-bond donors (Lipinski definition) is 1. The molecule has 0 spiro atoms. The maximum atomic E-state index is 5.88. The van der Waals surface area contributed by atoms with Crippen molar-refractivity contribution in [3.05, 3.63) is 29.8 Å². The molecule has 2 bridgehead atoms. The molecule has 1 aromatic rings. The molecule has 2 unspecified atom stereocenters. The lowest BCUT2D eigenvalue weighted by molar-refractivity contribution is 1.04. The largest absolute Gasteiger partial charge is 0.399 e. The maximum absolute atomic E-state index is 5.88. The molecular weight excluding hydrogens is 218 g/mol. The van der Waals surface area contributed by atoms with Crippen LogP contribution in [-0.2, 0) is 5.21 Å². The minimum Gasteiger partial charge on any atom is -0.399 e. The molecule has 2 N–H and O–H groups in total. The van der Waals surface area contributed by atoms with Crippen LogP contribution in [0.5, 0.6) is 0 Å². The number of fused-ring (bicyclic) bond motifs is 3. The molecular formula is C8H7B10N. The third kappa shape index (κ3) is 0.620. The van der Waals surface area contributed by atoms with E-state index in [-0.39, 0.29) is 0 Å². The third-order valence-corrected chi connectivity index (χ3v) is 8.88. The number of rotatable bonds is 1. The summed E-state index contributed by atoms with van der Waals surface area (Å²) in [6.07, 6.45) is 8.56. The lowest BCUT2D eigenvalue weighted by Crippen LogP contribution is -2.68. The summed E-state index contributed by atoms with van der Waals surface area (Å²) >= 11 is 0. The van der Waals surface area contributed by atoms with Crippen LogP contribution in [0.1, 0.15) is 5.56 Å². The highest BCUT2D eigenvalue weighted by molar-refractivity contribution is 8.65. The lowest BCUT2D eigenvalue weighted by Gasteiger charge is -2.38. The molecule has 2 atom stereocenters. The molecule has 0 aliphatic carbocycles. The van der Waals surface area contributed by atoms with E-state index in [0.717, 1.165) is 24.5 Å². The van der Waals surface area contributed by atoms with Crippen LogP contribution in [-0.4, -0.2) is 64.3 Å². The second kappa shape index (κ2) is 2.07. The number of nitrogen functional groups attached to an aromatic ring is 1. The SMILES string of the molecule is Nc1ccc(C23B4B5B6B7B6B7B(B54)B4B2C43)cc1. The monoisotopic (exact) mass is 227 g/mol. The molecule has 0 saturated carbocycles. The molecule has 19 heavy (non-hydrogen) atoms. The van der Waals surface area contributed by atoms with Gasteiger partial charge in [-0.2, -0.15) is 0 Å². The van der Waals surface area contributed by atoms with Crippen molar-refractivity contribution >= 4 is 70.0 Å². The third-order valence-electron chi connectivity index (χ3n) is 8.88. The van der Waals surface area contributed by atoms with Gasteiger partial charge in [-0.05, 0) is 12.1 Å². The zero-order chi connectivity index (χ0) is 11.8. The summed E-state index contributed by atoms with van der Waals surface area (Å²) in [5.74, 6) is 0. The van der Waals surface area contributed by atoms with Crippen LogP contribution >= 0.6 is 0 Å². The molecule has 8 saturated heterocycles. The minimum atomic E-state index is 0.682. The minimum absolute atomic E-state index is 0.682. The molecule has 74 valence electrons. The van der Waals surface area contributed by atoms with E-state index in [0.29, 0.717) is 5.21 Å². The fourth-order valence-corrected chi connectivity index (χ4v) is 8.51. The zero-order valence-electron chi connectivity index (χ0n) is 10.7. The molecule has 11 heteroatoms. The predicted molar refractivity (Wildman–Crippen MR) is 93.8 cm³/mol. The van der Waals surface area contributed by atoms with Crippen molar-refractivity contribution in [1.29, 1.82) is 0 Å². The van der Waals surface area contributed by atoms with Crippen molar-refractivity contribution < 1.29 is 0 Å². The van der Waals surface area contributed by atoms with Gasteiger partial charge in [-0.15, -0.1) is 5.72 Å². The first-order chi connectivity index (χ1) is 9.37. The Morgan fingerprint density at radius 2 is 1.42 bits per heavy atom. The van der Waals surface area contributed by atoms with Crippen molar-refractivity contribution in [1.82, 2.24) is 0 Å². The van der Waals surface area contributed by atoms with Gasteiger partial charge in [0.2, 0.25) is 0 Å². The summed E-state index contributed by atoms with van der Waals surface area (Å²) in [7, 11) is 0. The fraction of sp³-hybridized carbons (Fsp3) is 0.250. The highest BCUT2D eigenvalue weighted by atomic mass is 14.5. The molecule has 0 amide bonds. The lowest BCUT2D eigenvalue weighted by atomic mass is 8.55. The Morgan fingerprint density at radius 1 is 0.842 bits per heavy atom. The van der Waals surface area contributed by atoms with E-state index in [1.165, 1.54) is 51.2 Å². The van der Waals surface area contributed by atoms with E-state index in [2.05, 4.69) is 24.3 Å². The summed E-state index contributed by atoms with van der Waals surface area (Å²) in [6.45, 7) is 3.42. The molecule has 8 fully saturated rings. The summed E-state index contributed by atoms with van der Waals surface area (Å²) in [5.41, 5.74) is 9.59. The van der Waals surface area contributed by atoms with Crippen molar-refractivity contribution in [3.8, 4) is 0 Å². The maximum Gasteiger partial charge on any atom is 0.0938 e. The van der Waals surface area contributed by atoms with Crippen LogP contribution in [0, 0.1) is 0 Å². The fourth-order valence-electron chi connectivity index (χ4n) is 8.51. The Balaban J connectivity index is 1.33. The first kappa shape index (κ1) is 8.85. The highest BCUT2D eigenvalue weighted by Gasteiger charge is 3.05. The first-order valence-corrected chi connectivity index (χ1v) is 8.23. The van der Waals surface area contributed by atoms with Crippen LogP contribution in [0.3, 0.4) is 0 Å². The van der Waals surface area contributed by atoms with Gasteiger partial charge in [-0.1, -0.05) is 22.9 Å². The van der Waals surface area contributed by atoms with Crippen molar-refractivity contribution in [2.75, 3.05) is 5.73 Å². The predicted octanol–water partition coefficient (Wildman–Crippen LogP) is -2.44. The topological polar surface area (TPSA) is 26.0 Å². The van der Waals surface area contributed by atoms with Crippen molar-refractivity contribution in [2.45, 2.75) is 10.9 Å². The zero-order valence-corrected chi connectivity index (χ0v) is 10.7. The Kier molecular flexibility index (Phi) is 0.965. The van der Waals surface area contributed by atoms with Gasteiger partial charge in [-0.3, -0.25) is 0 Å². The van der Waals surface area contributed by atoms with Gasteiger partial charge in [0.15, 0.2) is 0 Å². The van der Waals surface area contributed by atoms with Gasteiger partial charge in [0.1, 0.15) is 0 Å². The Hall–Kier alpha value is -0.331. The van der Waals surface area contributed by atoms with E-state index in [4.69, 9.17) is 5.73 Å². The first-order valence-electron chi connectivity index (χ1n) is 8.23. The van der Waals surface area contributed by atoms with Crippen molar-refractivity contribution in [3.63, 3.8) is 0 Å². The van der Waals surface area contributed by atoms with E-state index >= 15 is 0 Å². The van der Waals surface area contributed by atoms with Crippen LogP contribution in [0.4, 0.5) is 5.69 Å². The van der Waals surface area contributed by atoms with Gasteiger partial charge in [-0.25, -0.2) is 0 Å². The van der Waals surface area contributed by atoms with Crippen molar-refractivity contribution in [2.24, 2.45) is 0 Å². The average Bonchev–Trinajstić information content (AvgIpc) is 3.27. The van der Waals surface area contributed by atoms with E-state index in [1.54, 1.807) is 5.56 Å². The van der Waals surface area contributed by atoms with Crippen LogP contribution in [0.2, 0.25) is 5.72 Å². The Labute approximate surface area is 116 Å². The van der Waals surface area contributed by atoms with Crippen LogP contribution in [0.15, 0.2) is 24.3 Å². The molecule has 1 aromatic carbocycles.